The van der Waals surface area contributed by atoms with Gasteiger partial charge < -0.3 is 14.6 Å². The van der Waals surface area contributed by atoms with Gasteiger partial charge in [-0.3, -0.25) is 9.59 Å². The number of amides is 2. The second-order valence-electron chi connectivity index (χ2n) is 7.69. The molecule has 0 spiro atoms. The fraction of sp³-hybridized carbons (Fsp3) is 0.261. The van der Waals surface area contributed by atoms with Crippen LogP contribution in [0.25, 0.3) is 17.0 Å². The van der Waals surface area contributed by atoms with Gasteiger partial charge in [0, 0.05) is 37.2 Å². The van der Waals surface area contributed by atoms with Crippen molar-refractivity contribution < 1.29 is 14.0 Å². The largest absolute Gasteiger partial charge is 0.460 e. The quantitative estimate of drug-likeness (QED) is 0.696. The average Bonchev–Trinajstić information content (AvgIpc) is 3.02. The first-order valence-corrected chi connectivity index (χ1v) is 9.82. The summed E-state index contributed by atoms with van der Waals surface area (Å²) in [6.07, 6.45) is 6.19. The third kappa shape index (κ3) is 3.20. The lowest BCUT2D eigenvalue weighted by atomic mass is 9.94. The van der Waals surface area contributed by atoms with Gasteiger partial charge in [-0.15, -0.1) is 0 Å². The zero-order valence-electron chi connectivity index (χ0n) is 16.1. The summed E-state index contributed by atoms with van der Waals surface area (Å²) in [6.45, 7) is 3.41. The van der Waals surface area contributed by atoms with Crippen LogP contribution in [0, 0.1) is 6.92 Å². The molecule has 5 rings (SSSR count). The highest BCUT2D eigenvalue weighted by molar-refractivity contribution is 5.94. The predicted octanol–water partition coefficient (Wildman–Crippen LogP) is 3.66. The number of likely N-dealkylation sites (tertiary alicyclic amines) is 1. The van der Waals surface area contributed by atoms with Gasteiger partial charge >= 0.3 is 0 Å². The van der Waals surface area contributed by atoms with Crippen molar-refractivity contribution in [3.63, 3.8) is 0 Å². The number of hydrogen-bond donors (Lipinski definition) is 1. The van der Waals surface area contributed by atoms with Crippen molar-refractivity contribution in [1.29, 1.82) is 0 Å². The van der Waals surface area contributed by atoms with Crippen molar-refractivity contribution in [1.82, 2.24) is 9.88 Å². The van der Waals surface area contributed by atoms with E-state index in [1.54, 1.807) is 18.3 Å². The molecule has 6 nitrogen and oxygen atoms in total. The summed E-state index contributed by atoms with van der Waals surface area (Å²) in [5.41, 5.74) is 3.93. The number of benzene rings is 1. The van der Waals surface area contributed by atoms with Crippen LogP contribution in [0.15, 0.2) is 47.0 Å². The lowest BCUT2D eigenvalue weighted by molar-refractivity contribution is -0.130. The maximum absolute atomic E-state index is 12.5. The number of aromatic nitrogens is 1. The number of para-hydroxylation sites is 1. The zero-order valence-corrected chi connectivity index (χ0v) is 16.1. The van der Waals surface area contributed by atoms with E-state index in [-0.39, 0.29) is 17.7 Å². The van der Waals surface area contributed by atoms with Gasteiger partial charge in [0.1, 0.15) is 17.2 Å². The molecule has 0 bridgehead atoms. The Balaban J connectivity index is 1.24. The van der Waals surface area contributed by atoms with E-state index in [1.165, 1.54) is 5.56 Å². The number of carbonyl (C=O) groups excluding carboxylic acids is 2. The molecule has 0 aliphatic carbocycles. The first-order chi connectivity index (χ1) is 14.1. The molecular weight excluding hydrogens is 366 g/mol. The molecule has 2 amide bonds. The van der Waals surface area contributed by atoms with Crippen LogP contribution in [0.3, 0.4) is 0 Å². The van der Waals surface area contributed by atoms with Crippen molar-refractivity contribution in [2.45, 2.75) is 25.7 Å². The Hall–Kier alpha value is -3.41. The number of fused-ring (bicyclic) bond motifs is 2. The van der Waals surface area contributed by atoms with E-state index in [0.29, 0.717) is 31.7 Å². The van der Waals surface area contributed by atoms with Crippen molar-refractivity contribution >= 4 is 34.7 Å². The van der Waals surface area contributed by atoms with Gasteiger partial charge in [0.25, 0.3) is 0 Å². The number of hydrogen-bond acceptors (Lipinski definition) is 4. The van der Waals surface area contributed by atoms with Crippen LogP contribution in [-0.2, 0) is 16.0 Å². The molecule has 0 atom stereocenters. The molecule has 2 aliphatic rings. The van der Waals surface area contributed by atoms with Gasteiger partial charge in [-0.25, -0.2) is 4.98 Å². The highest BCUT2D eigenvalue weighted by atomic mass is 16.3. The highest BCUT2D eigenvalue weighted by Gasteiger charge is 2.34. The van der Waals surface area contributed by atoms with Crippen LogP contribution in [0.5, 0.6) is 0 Å². The van der Waals surface area contributed by atoms with Crippen LogP contribution in [0.1, 0.15) is 34.8 Å². The maximum atomic E-state index is 12.5. The lowest BCUT2D eigenvalue weighted by Crippen LogP contribution is -2.47. The van der Waals surface area contributed by atoms with E-state index in [9.17, 15) is 9.59 Å². The summed E-state index contributed by atoms with van der Waals surface area (Å²) in [6, 6.07) is 10.0. The maximum Gasteiger partial charge on any atom is 0.246 e. The molecule has 4 heterocycles. The standard InChI is InChI=1S/C23H21N3O3/c1-14-18-4-2-3-5-19(18)29-22(14)17-12-26(13-17)21(28)9-6-15-10-16-7-8-20(27)25-23(16)24-11-15/h2-6,9-11,17H,7-8,12-13H2,1H3,(H,24,25,27)/b9-6+. The lowest BCUT2D eigenvalue weighted by Gasteiger charge is -2.37. The second kappa shape index (κ2) is 6.88. The molecular formula is C23H21N3O3. The summed E-state index contributed by atoms with van der Waals surface area (Å²) >= 11 is 0. The number of nitrogens with zero attached hydrogens (tertiary/aromatic N) is 2. The Morgan fingerprint density at radius 2 is 2.10 bits per heavy atom. The minimum atomic E-state index is -0.0129. The molecule has 2 aliphatic heterocycles. The molecule has 146 valence electrons. The third-order valence-corrected chi connectivity index (χ3v) is 5.73. The molecule has 0 radical (unpaired) electrons. The van der Waals surface area contributed by atoms with Gasteiger partial charge in [-0.1, -0.05) is 18.2 Å². The van der Waals surface area contributed by atoms with Crippen LogP contribution < -0.4 is 5.32 Å². The van der Waals surface area contributed by atoms with Gasteiger partial charge in [0.15, 0.2) is 0 Å². The number of carbonyl (C=O) groups is 2. The fourth-order valence-corrected chi connectivity index (χ4v) is 4.05. The molecule has 3 aromatic rings. The van der Waals surface area contributed by atoms with E-state index < -0.39 is 0 Å². The number of rotatable bonds is 3. The molecule has 2 aromatic heterocycles. The summed E-state index contributed by atoms with van der Waals surface area (Å²) in [5.74, 6) is 1.84. The molecule has 0 unspecified atom stereocenters. The Labute approximate surface area is 168 Å². The molecule has 29 heavy (non-hydrogen) atoms. The van der Waals surface area contributed by atoms with Crippen LogP contribution in [-0.4, -0.2) is 34.8 Å². The number of anilines is 1. The third-order valence-electron chi connectivity index (χ3n) is 5.73. The molecule has 1 saturated heterocycles. The minimum absolute atomic E-state index is 0.00417. The van der Waals surface area contributed by atoms with E-state index in [2.05, 4.69) is 23.3 Å². The normalized spacial score (nSPS) is 16.7. The van der Waals surface area contributed by atoms with Crippen LogP contribution in [0.2, 0.25) is 0 Å². The molecule has 6 heteroatoms. The van der Waals surface area contributed by atoms with Crippen molar-refractivity contribution in [3.8, 4) is 0 Å². The number of pyridine rings is 1. The predicted molar refractivity (Wildman–Crippen MR) is 110 cm³/mol. The van der Waals surface area contributed by atoms with Crippen molar-refractivity contribution in [2.75, 3.05) is 18.4 Å². The van der Waals surface area contributed by atoms with Gasteiger partial charge in [-0.2, -0.15) is 0 Å². The summed E-state index contributed by atoms with van der Waals surface area (Å²) in [4.78, 5) is 30.0. The second-order valence-corrected chi connectivity index (χ2v) is 7.69. The fourth-order valence-electron chi connectivity index (χ4n) is 4.05. The summed E-state index contributed by atoms with van der Waals surface area (Å²) < 4.78 is 6.03. The molecule has 0 saturated carbocycles. The number of aryl methyl sites for hydroxylation is 2. The smallest absolute Gasteiger partial charge is 0.246 e. The van der Waals surface area contributed by atoms with E-state index in [1.807, 2.05) is 29.2 Å². The van der Waals surface area contributed by atoms with Gasteiger partial charge in [0.05, 0.1) is 5.92 Å². The Kier molecular flexibility index (Phi) is 4.19. The van der Waals surface area contributed by atoms with Gasteiger partial charge in [-0.05, 0) is 48.2 Å². The van der Waals surface area contributed by atoms with E-state index in [0.717, 1.165) is 27.9 Å². The SMILES string of the molecule is Cc1c(C2CN(C(=O)/C=C/c3cnc4c(c3)CCC(=O)N4)C2)oc2ccccc12. The van der Waals surface area contributed by atoms with Crippen molar-refractivity contribution in [3.05, 3.63) is 65.1 Å². The zero-order chi connectivity index (χ0) is 20.0. The van der Waals surface area contributed by atoms with E-state index in [4.69, 9.17) is 4.42 Å². The first kappa shape index (κ1) is 17.7. The van der Waals surface area contributed by atoms with Crippen molar-refractivity contribution in [2.24, 2.45) is 0 Å². The summed E-state index contributed by atoms with van der Waals surface area (Å²) in [5, 5.41) is 3.91. The topological polar surface area (TPSA) is 75.4 Å². The van der Waals surface area contributed by atoms with Crippen LogP contribution >= 0.6 is 0 Å². The number of furan rings is 1. The summed E-state index contributed by atoms with van der Waals surface area (Å²) in [7, 11) is 0. The Bertz CT molecular complexity index is 1160. The Morgan fingerprint density at radius 1 is 1.28 bits per heavy atom. The Morgan fingerprint density at radius 3 is 2.93 bits per heavy atom. The first-order valence-electron chi connectivity index (χ1n) is 9.82. The molecule has 1 N–H and O–H groups in total. The monoisotopic (exact) mass is 387 g/mol. The molecule has 1 fully saturated rings. The minimum Gasteiger partial charge on any atom is -0.460 e. The molecule has 1 aromatic carbocycles. The van der Waals surface area contributed by atoms with E-state index >= 15 is 0 Å². The average molecular weight is 387 g/mol. The number of nitrogens with one attached hydrogen (secondary N) is 1. The van der Waals surface area contributed by atoms with Crippen LogP contribution in [0.4, 0.5) is 5.82 Å². The highest BCUT2D eigenvalue weighted by Crippen LogP contribution is 2.35. The van der Waals surface area contributed by atoms with Gasteiger partial charge in [0.2, 0.25) is 11.8 Å².